The number of amides is 6. The van der Waals surface area contributed by atoms with E-state index >= 15 is 0 Å². The maximum atomic E-state index is 12.3. The molecule has 0 aliphatic heterocycles. The Morgan fingerprint density at radius 1 is 0.413 bits per heavy atom. The molecule has 11 N–H and O–H groups in total. The summed E-state index contributed by atoms with van der Waals surface area (Å²) in [6, 6.07) is 32.6. The number of hydrogen-bond acceptors (Lipinski definition) is 24. The molecular weight excluding hydrogens is 1420 g/mol. The first kappa shape index (κ1) is 75.2. The number of unbranched alkanes of at least 4 members (excludes halogenated alkanes) is 2. The van der Waals surface area contributed by atoms with Crippen molar-refractivity contribution in [2.24, 2.45) is 0 Å². The predicted molar refractivity (Wildman–Crippen MR) is 407 cm³/mol. The van der Waals surface area contributed by atoms with E-state index in [1.54, 1.807) is 55.6 Å². The van der Waals surface area contributed by atoms with Crippen LogP contribution in [0, 0.1) is 6.92 Å². The highest BCUT2D eigenvalue weighted by molar-refractivity contribution is 6.31. The summed E-state index contributed by atoms with van der Waals surface area (Å²) >= 11 is 5.85. The topological polar surface area (TPSA) is 493 Å². The molecule has 548 valence electrons. The molecule has 0 atom stereocenters. The molecule has 109 heavy (non-hydrogen) atoms. The van der Waals surface area contributed by atoms with E-state index in [1.807, 2.05) is 81.4 Å². The highest BCUT2D eigenvalue weighted by atomic mass is 35.5. The third-order valence-electron chi connectivity index (χ3n) is 15.2. The van der Waals surface area contributed by atoms with Gasteiger partial charge in [0.1, 0.15) is 71.1 Å². The van der Waals surface area contributed by atoms with Gasteiger partial charge in [0.25, 0.3) is 17.7 Å². The number of rotatable bonds is 16. The lowest BCUT2D eigenvalue weighted by atomic mass is 10.1. The second-order valence-electron chi connectivity index (χ2n) is 23.4. The number of aryl methyl sites for hydroxylation is 1. The Balaban J connectivity index is 0.000000130. The van der Waals surface area contributed by atoms with E-state index in [4.69, 9.17) is 11.6 Å². The monoisotopic (exact) mass is 1480 g/mol. The van der Waals surface area contributed by atoms with Crippen LogP contribution in [0.1, 0.15) is 88.7 Å². The number of halogens is 1. The molecule has 37 heteroatoms. The number of nitrogens with zero attached hydrogens (tertiary/aromatic N) is 19. The van der Waals surface area contributed by atoms with Crippen LogP contribution < -0.4 is 31.5 Å². The first-order valence-corrected chi connectivity index (χ1v) is 33.6. The number of fused-ring (bicyclic) bond motifs is 6. The number of allylic oxidation sites excluding steroid dienone is 1. The molecule has 0 spiro atoms. The van der Waals surface area contributed by atoms with E-state index in [0.29, 0.717) is 136 Å². The van der Waals surface area contributed by atoms with Crippen LogP contribution in [0.3, 0.4) is 0 Å². The van der Waals surface area contributed by atoms with Crippen LogP contribution in [0.25, 0.3) is 67.0 Å². The number of anilines is 6. The fourth-order valence-electron chi connectivity index (χ4n) is 9.97. The molecule has 6 amide bonds. The van der Waals surface area contributed by atoms with E-state index in [2.05, 4.69) is 153 Å². The molecule has 16 rings (SSSR count). The van der Waals surface area contributed by atoms with Crippen molar-refractivity contribution in [2.75, 3.05) is 38.5 Å². The average molecular weight is 1480 g/mol. The van der Waals surface area contributed by atoms with Crippen molar-refractivity contribution < 1.29 is 28.8 Å². The fraction of sp³-hybridized carbons (Fsp3) is 0.139. The van der Waals surface area contributed by atoms with E-state index in [9.17, 15) is 28.8 Å². The van der Waals surface area contributed by atoms with Gasteiger partial charge >= 0.3 is 0 Å². The van der Waals surface area contributed by atoms with E-state index in [1.165, 1.54) is 86.9 Å². The molecule has 12 aromatic heterocycles. The van der Waals surface area contributed by atoms with E-state index < -0.39 is 0 Å². The van der Waals surface area contributed by atoms with Gasteiger partial charge in [0, 0.05) is 41.3 Å². The van der Waals surface area contributed by atoms with Crippen molar-refractivity contribution in [3.8, 4) is 0 Å². The minimum atomic E-state index is -0.294. The predicted octanol–water partition coefficient (Wildman–Crippen LogP) is 10.5. The van der Waals surface area contributed by atoms with Crippen LogP contribution in [-0.4, -0.2) is 162 Å². The zero-order chi connectivity index (χ0) is 76.4. The third kappa shape index (κ3) is 20.5. The molecule has 4 aromatic carbocycles. The lowest BCUT2D eigenvalue weighted by molar-refractivity contribution is -0.116. The summed E-state index contributed by atoms with van der Waals surface area (Å²) in [6.07, 6.45) is 22.7. The number of nitrogens with one attached hydrogen (secondary N) is 11. The first-order valence-electron chi connectivity index (χ1n) is 33.3. The summed E-state index contributed by atoms with van der Waals surface area (Å²) in [6.45, 7) is 7.79. The zero-order valence-electron chi connectivity index (χ0n) is 58.8. The van der Waals surface area contributed by atoms with Crippen molar-refractivity contribution in [2.45, 2.75) is 59.8 Å². The summed E-state index contributed by atoms with van der Waals surface area (Å²) < 4.78 is 0. The van der Waals surface area contributed by atoms with Crippen LogP contribution in [0.4, 0.5) is 34.9 Å². The lowest BCUT2D eigenvalue weighted by Gasteiger charge is -2.16. The number of carbonyl (C=O) groups is 6. The van der Waals surface area contributed by atoms with Crippen LogP contribution >= 0.6 is 11.6 Å². The van der Waals surface area contributed by atoms with Gasteiger partial charge in [0.15, 0.2) is 68.8 Å². The fourth-order valence-corrected chi connectivity index (χ4v) is 10.2. The average Bonchev–Trinajstić information content (AvgIpc) is 1.77. The second kappa shape index (κ2) is 36.9. The van der Waals surface area contributed by atoms with E-state index in [0.717, 1.165) is 36.0 Å². The molecule has 0 fully saturated rings. The van der Waals surface area contributed by atoms with Gasteiger partial charge in [-0.25, -0.2) is 89.7 Å². The van der Waals surface area contributed by atoms with Crippen LogP contribution in [0.15, 0.2) is 197 Å². The highest BCUT2D eigenvalue weighted by Gasteiger charge is 2.20. The summed E-state index contributed by atoms with van der Waals surface area (Å²) in [5.41, 5.74) is 11.6. The lowest BCUT2D eigenvalue weighted by Crippen LogP contribution is -2.27. The zero-order valence-corrected chi connectivity index (χ0v) is 59.5. The van der Waals surface area contributed by atoms with Crippen LogP contribution in [0.2, 0.25) is 5.02 Å². The van der Waals surface area contributed by atoms with Crippen molar-refractivity contribution in [1.29, 1.82) is 0 Å². The number of H-pyrrole nitrogens is 6. The molecule has 0 radical (unpaired) electrons. The summed E-state index contributed by atoms with van der Waals surface area (Å²) in [7, 11) is 1.68. The Morgan fingerprint density at radius 2 is 0.807 bits per heavy atom. The largest absolute Gasteiger partial charge is 0.340 e. The molecule has 0 aliphatic rings. The second-order valence-corrected chi connectivity index (χ2v) is 23.8. The van der Waals surface area contributed by atoms with Crippen molar-refractivity contribution >= 4 is 149 Å². The standard InChI is InChI=1S/3C13H11N5O.C12H8ClN5O.C11H15N5O.C10H11N5O/c1-8-2-4-9(5-3-8)13(19)18-12-10-11(15-6-14-10)16-7-17-12;1-18(13(19)9-5-3-2-4-6-9)12-10-11(15-7-14-10)16-8-17-12;19-10(6-9-4-2-1-3-5-9)18-13-11-12(15-7-14-11)16-8-17-13;13-8-3-1-2-7(4-8)12(19)18-11-9-10(15-5-14-9)16-6-17-11;1-2-3-4-5-8(17)16-11-9-10(13-6-12-9)14-7-15-11;1-6(2)3-7(16)15-10-8-9(12-4-11-8)13-5-14-10/h2-7H,1H3,(H2,14,15,16,17,18,19);2-8H,1H3,(H,14,15,16,17);1-5,7-8H,6H2,(H2,14,15,16,17,18,19);1-6H,(H2,14,15,16,17,18,19);6-7H,2-5H2,1H3,(H2,12,13,14,15,16,17);3-5H,1-2H3,(H2,11,12,13,14,15,16). The van der Waals surface area contributed by atoms with Crippen LogP contribution in [0.5, 0.6) is 0 Å². The Hall–Kier alpha value is -15.0. The summed E-state index contributed by atoms with van der Waals surface area (Å²) in [4.78, 5) is 163. The molecular formula is C72H67ClN30O6. The minimum Gasteiger partial charge on any atom is -0.340 e. The van der Waals surface area contributed by atoms with Gasteiger partial charge in [-0.2, -0.15) is 0 Å². The van der Waals surface area contributed by atoms with Gasteiger partial charge < -0.3 is 56.5 Å². The van der Waals surface area contributed by atoms with Gasteiger partial charge in [0.2, 0.25) is 17.7 Å². The minimum absolute atomic E-state index is 0.0203. The van der Waals surface area contributed by atoms with Gasteiger partial charge in [-0.3, -0.25) is 33.7 Å². The molecule has 16 aromatic rings. The normalized spacial score (nSPS) is 10.5. The maximum absolute atomic E-state index is 12.3. The Morgan fingerprint density at radius 3 is 1.26 bits per heavy atom. The molecule has 0 bridgehead atoms. The van der Waals surface area contributed by atoms with Crippen molar-refractivity contribution in [1.82, 2.24) is 120 Å². The maximum Gasteiger partial charge on any atom is 0.259 e. The van der Waals surface area contributed by atoms with Gasteiger partial charge in [-0.05, 0) is 75.2 Å². The Bertz CT molecular complexity index is 5800. The number of aromatic amines is 6. The number of carbonyl (C=O) groups excluding carboxylic acids is 6. The molecule has 0 aliphatic carbocycles. The quantitative estimate of drug-likeness (QED) is 0.0316. The van der Waals surface area contributed by atoms with Crippen molar-refractivity contribution in [3.05, 3.63) is 230 Å². The number of aromatic nitrogens is 24. The molecule has 0 unspecified atom stereocenters. The first-order chi connectivity index (χ1) is 53.0. The summed E-state index contributed by atoms with van der Waals surface area (Å²) in [5, 5.41) is 14.1. The molecule has 0 saturated heterocycles. The van der Waals surface area contributed by atoms with Crippen molar-refractivity contribution in [3.63, 3.8) is 0 Å². The van der Waals surface area contributed by atoms with Gasteiger partial charge in [-0.1, -0.05) is 109 Å². The number of benzene rings is 4. The Kier molecular flexibility index (Phi) is 25.5. The Labute approximate surface area is 622 Å². The molecule has 0 saturated carbocycles. The summed E-state index contributed by atoms with van der Waals surface area (Å²) in [5.74, 6) is 1.70. The third-order valence-corrected chi connectivity index (χ3v) is 15.5. The highest BCUT2D eigenvalue weighted by Crippen LogP contribution is 2.23. The van der Waals surface area contributed by atoms with Gasteiger partial charge in [-0.15, -0.1) is 0 Å². The smallest absolute Gasteiger partial charge is 0.259 e. The molecule has 36 nitrogen and oxygen atoms in total. The number of hydrogen-bond donors (Lipinski definition) is 11. The van der Waals surface area contributed by atoms with Gasteiger partial charge in [0.05, 0.1) is 44.4 Å². The van der Waals surface area contributed by atoms with Crippen LogP contribution in [-0.2, 0) is 20.8 Å². The number of imidazole rings is 6. The SMILES string of the molecule is CC(C)=CC(=O)Nc1ncnc2nc[nH]c12.CCCCCC(=O)Nc1ncnc2nc[nH]c12.CN(C(=O)c1ccccc1)c1ncnc2nc[nH]c12.Cc1ccc(C(=O)Nc2ncnc3nc[nH]c23)cc1.O=C(Cc1ccccc1)Nc1ncnc2nc[nH]c12.O=C(Nc1ncnc2nc[nH]c12)c1cccc(Cl)c1. The van der Waals surface area contributed by atoms with E-state index in [-0.39, 0.29) is 35.4 Å². The molecule has 12 heterocycles.